The Morgan fingerprint density at radius 2 is 1.96 bits per heavy atom. The fraction of sp³-hybridized carbons (Fsp3) is 0.625. The summed E-state index contributed by atoms with van der Waals surface area (Å²) in [6.45, 7) is 2.43. The lowest BCUT2D eigenvalue weighted by Gasteiger charge is -2.26. The van der Waals surface area contributed by atoms with Gasteiger partial charge in [-0.1, -0.05) is 57.2 Å². The number of aryl methyl sites for hydroxylation is 2. The fourth-order valence-electron chi connectivity index (χ4n) is 5.95. The second kappa shape index (κ2) is 6.25. The predicted octanol–water partition coefficient (Wildman–Crippen LogP) is 5.90. The zero-order valence-electron chi connectivity index (χ0n) is 16.4. The molecule has 2 aromatic rings. The van der Waals surface area contributed by atoms with Crippen molar-refractivity contribution in [2.45, 2.75) is 70.1 Å². The lowest BCUT2D eigenvalue weighted by atomic mass is 9.80. The van der Waals surface area contributed by atoms with Crippen molar-refractivity contribution in [1.29, 1.82) is 0 Å². The summed E-state index contributed by atoms with van der Waals surface area (Å²) in [6, 6.07) is 7.20. The third kappa shape index (κ3) is 2.82. The van der Waals surface area contributed by atoms with Crippen LogP contribution in [0, 0.1) is 17.8 Å². The van der Waals surface area contributed by atoms with Crippen LogP contribution in [0.15, 0.2) is 30.6 Å². The smallest absolute Gasteiger partial charge is 0.0568 e. The number of aromatic nitrogens is 2. The van der Waals surface area contributed by atoms with E-state index in [1.165, 1.54) is 68.9 Å². The highest BCUT2D eigenvalue weighted by molar-refractivity contribution is 5.65. The molecule has 0 aliphatic heterocycles. The van der Waals surface area contributed by atoms with Crippen LogP contribution in [-0.2, 0) is 18.9 Å². The summed E-state index contributed by atoms with van der Waals surface area (Å²) in [4.78, 5) is 0. The Kier molecular flexibility index (Phi) is 3.99. The van der Waals surface area contributed by atoms with Crippen molar-refractivity contribution in [3.63, 3.8) is 0 Å². The van der Waals surface area contributed by atoms with E-state index in [0.717, 1.165) is 17.8 Å². The first-order valence-corrected chi connectivity index (χ1v) is 10.8. The molecule has 3 aliphatic rings. The highest BCUT2D eigenvalue weighted by Gasteiger charge is 2.57. The molecule has 2 fully saturated rings. The van der Waals surface area contributed by atoms with Gasteiger partial charge in [0.1, 0.15) is 0 Å². The molecule has 0 amide bonds. The van der Waals surface area contributed by atoms with E-state index in [2.05, 4.69) is 36.4 Å². The Morgan fingerprint density at radius 1 is 1.12 bits per heavy atom. The Labute approximate surface area is 158 Å². The lowest BCUT2D eigenvalue weighted by molar-refractivity contribution is 0.268. The van der Waals surface area contributed by atoms with Crippen LogP contribution in [0.25, 0.3) is 11.1 Å². The molecule has 0 N–H and O–H groups in total. The van der Waals surface area contributed by atoms with Crippen LogP contribution in [0.1, 0.15) is 69.4 Å². The van der Waals surface area contributed by atoms with Crippen molar-refractivity contribution < 1.29 is 0 Å². The van der Waals surface area contributed by atoms with Crippen LogP contribution in [0.3, 0.4) is 0 Å². The minimum Gasteiger partial charge on any atom is -0.275 e. The molecule has 3 aliphatic carbocycles. The standard InChI is InChI=1S/C24H32N2/c1-17-3-5-18(6-4-17)7-10-22-14-24(22)12-11-19-8-9-20(13-23(19)24)21-15-25-26(2)16-21/h8-9,13,15-18,22H,3-7,10-12,14H2,1-2H3. The molecule has 5 rings (SSSR count). The van der Waals surface area contributed by atoms with Gasteiger partial charge in [0.15, 0.2) is 0 Å². The molecule has 26 heavy (non-hydrogen) atoms. The molecule has 138 valence electrons. The van der Waals surface area contributed by atoms with Gasteiger partial charge in [0.05, 0.1) is 6.20 Å². The van der Waals surface area contributed by atoms with Crippen molar-refractivity contribution in [3.05, 3.63) is 41.7 Å². The average molecular weight is 349 g/mol. The van der Waals surface area contributed by atoms with Gasteiger partial charge in [0.25, 0.3) is 0 Å². The molecule has 2 unspecified atom stereocenters. The molecular weight excluding hydrogens is 316 g/mol. The van der Waals surface area contributed by atoms with Gasteiger partial charge in [-0.2, -0.15) is 5.10 Å². The van der Waals surface area contributed by atoms with Crippen LogP contribution < -0.4 is 0 Å². The Balaban J connectivity index is 1.29. The number of nitrogens with zero attached hydrogens (tertiary/aromatic N) is 2. The van der Waals surface area contributed by atoms with E-state index in [4.69, 9.17) is 0 Å². The normalized spacial score (nSPS) is 32.8. The summed E-state index contributed by atoms with van der Waals surface area (Å²) >= 11 is 0. The van der Waals surface area contributed by atoms with Crippen molar-refractivity contribution >= 4 is 0 Å². The second-order valence-electron chi connectivity index (χ2n) is 9.54. The Morgan fingerprint density at radius 3 is 2.73 bits per heavy atom. The average Bonchev–Trinajstić information content (AvgIpc) is 2.97. The fourth-order valence-corrected chi connectivity index (χ4v) is 5.95. The van der Waals surface area contributed by atoms with Gasteiger partial charge in [-0.15, -0.1) is 0 Å². The van der Waals surface area contributed by atoms with Gasteiger partial charge < -0.3 is 0 Å². The van der Waals surface area contributed by atoms with Crippen molar-refractivity contribution in [1.82, 2.24) is 9.78 Å². The summed E-state index contributed by atoms with van der Waals surface area (Å²) in [5, 5.41) is 4.36. The van der Waals surface area contributed by atoms with Gasteiger partial charge in [-0.05, 0) is 65.5 Å². The zero-order chi connectivity index (χ0) is 17.7. The summed E-state index contributed by atoms with van der Waals surface area (Å²) in [6.07, 6.45) is 17.1. The second-order valence-corrected chi connectivity index (χ2v) is 9.54. The third-order valence-electron chi connectivity index (χ3n) is 7.82. The van der Waals surface area contributed by atoms with Gasteiger partial charge in [-0.25, -0.2) is 0 Å². The van der Waals surface area contributed by atoms with E-state index in [1.54, 1.807) is 11.1 Å². The predicted molar refractivity (Wildman–Crippen MR) is 107 cm³/mol. The summed E-state index contributed by atoms with van der Waals surface area (Å²) in [5.41, 5.74) is 6.44. The summed E-state index contributed by atoms with van der Waals surface area (Å²) in [5.74, 6) is 2.95. The van der Waals surface area contributed by atoms with E-state index in [9.17, 15) is 0 Å². The number of fused-ring (bicyclic) bond motifs is 2. The maximum Gasteiger partial charge on any atom is 0.0568 e. The Hall–Kier alpha value is -1.57. The molecule has 2 atom stereocenters. The number of benzene rings is 1. The molecule has 2 heteroatoms. The van der Waals surface area contributed by atoms with Crippen molar-refractivity contribution in [3.8, 4) is 11.1 Å². The van der Waals surface area contributed by atoms with Crippen LogP contribution in [0.2, 0.25) is 0 Å². The van der Waals surface area contributed by atoms with E-state index in [0.29, 0.717) is 5.41 Å². The highest BCUT2D eigenvalue weighted by atomic mass is 15.2. The molecule has 0 radical (unpaired) electrons. The molecule has 1 aromatic heterocycles. The Bertz CT molecular complexity index is 796. The highest BCUT2D eigenvalue weighted by Crippen LogP contribution is 2.63. The topological polar surface area (TPSA) is 17.8 Å². The van der Waals surface area contributed by atoms with Crippen LogP contribution >= 0.6 is 0 Å². The van der Waals surface area contributed by atoms with Gasteiger partial charge in [-0.3, -0.25) is 4.68 Å². The van der Waals surface area contributed by atoms with Crippen LogP contribution in [0.5, 0.6) is 0 Å². The van der Waals surface area contributed by atoms with Gasteiger partial charge in [0.2, 0.25) is 0 Å². The van der Waals surface area contributed by atoms with Crippen LogP contribution in [-0.4, -0.2) is 9.78 Å². The minimum absolute atomic E-state index is 0.537. The molecule has 2 nitrogen and oxygen atoms in total. The van der Waals surface area contributed by atoms with E-state index in [-0.39, 0.29) is 0 Å². The molecule has 1 spiro atoms. The number of hydrogen-bond acceptors (Lipinski definition) is 1. The summed E-state index contributed by atoms with van der Waals surface area (Å²) < 4.78 is 1.91. The summed E-state index contributed by atoms with van der Waals surface area (Å²) in [7, 11) is 2.00. The van der Waals surface area contributed by atoms with E-state index >= 15 is 0 Å². The number of hydrogen-bond donors (Lipinski definition) is 0. The molecule has 0 saturated heterocycles. The maximum atomic E-state index is 4.36. The minimum atomic E-state index is 0.537. The van der Waals surface area contributed by atoms with E-state index in [1.807, 2.05) is 17.9 Å². The molecule has 1 aromatic carbocycles. The number of rotatable bonds is 4. The third-order valence-corrected chi connectivity index (χ3v) is 7.82. The molecule has 0 bridgehead atoms. The molecule has 1 heterocycles. The maximum absolute atomic E-state index is 4.36. The monoisotopic (exact) mass is 348 g/mol. The molecular formula is C24H32N2. The zero-order valence-corrected chi connectivity index (χ0v) is 16.4. The first-order valence-electron chi connectivity index (χ1n) is 10.8. The van der Waals surface area contributed by atoms with Crippen LogP contribution in [0.4, 0.5) is 0 Å². The van der Waals surface area contributed by atoms with Gasteiger partial charge >= 0.3 is 0 Å². The quantitative estimate of drug-likeness (QED) is 0.673. The van der Waals surface area contributed by atoms with E-state index < -0.39 is 0 Å². The van der Waals surface area contributed by atoms with Gasteiger partial charge in [0, 0.05) is 18.8 Å². The largest absolute Gasteiger partial charge is 0.275 e. The van der Waals surface area contributed by atoms with Crippen molar-refractivity contribution in [2.24, 2.45) is 24.8 Å². The SMILES string of the molecule is CC1CCC(CCC2CC23CCc2ccc(-c4cnn(C)c4)cc23)CC1. The first-order chi connectivity index (χ1) is 12.6. The molecule has 2 saturated carbocycles. The first kappa shape index (κ1) is 16.6. The lowest BCUT2D eigenvalue weighted by Crippen LogP contribution is -2.13. The van der Waals surface area contributed by atoms with Crippen molar-refractivity contribution in [2.75, 3.05) is 0 Å².